The fraction of sp³-hybridized carbons (Fsp3) is 0.360. The van der Waals surface area contributed by atoms with Crippen LogP contribution in [0.25, 0.3) is 0 Å². The summed E-state index contributed by atoms with van der Waals surface area (Å²) in [7, 11) is 0. The van der Waals surface area contributed by atoms with Gasteiger partial charge >= 0.3 is 0 Å². The first-order valence-electron chi connectivity index (χ1n) is 10.2. The number of hydrogen-bond donors (Lipinski definition) is 0. The van der Waals surface area contributed by atoms with Crippen LogP contribution in [0, 0.1) is 5.41 Å². The van der Waals surface area contributed by atoms with Crippen LogP contribution in [0.1, 0.15) is 57.1 Å². The summed E-state index contributed by atoms with van der Waals surface area (Å²) in [6.45, 7) is 6.33. The SMILES string of the molecule is CCc1ccccc1N1C(=O)CC(c2cccc(Br)c2)C2=C1CC(C)(C)CC2=O. The maximum absolute atomic E-state index is 13.5. The van der Waals surface area contributed by atoms with Gasteiger partial charge in [-0.15, -0.1) is 0 Å². The average molecular weight is 452 g/mol. The van der Waals surface area contributed by atoms with Crippen molar-refractivity contribution < 1.29 is 9.59 Å². The summed E-state index contributed by atoms with van der Waals surface area (Å²) >= 11 is 3.54. The predicted molar refractivity (Wildman–Crippen MR) is 120 cm³/mol. The zero-order valence-electron chi connectivity index (χ0n) is 17.2. The molecule has 0 bridgehead atoms. The first kappa shape index (κ1) is 20.1. The molecule has 4 heteroatoms. The van der Waals surface area contributed by atoms with Crippen molar-refractivity contribution in [2.45, 2.75) is 52.4 Å². The second-order valence-electron chi connectivity index (χ2n) is 8.82. The van der Waals surface area contributed by atoms with Gasteiger partial charge in [-0.25, -0.2) is 0 Å². The number of rotatable bonds is 3. The average Bonchev–Trinajstić information content (AvgIpc) is 2.66. The lowest BCUT2D eigenvalue weighted by Crippen LogP contribution is -2.44. The maximum Gasteiger partial charge on any atom is 0.232 e. The monoisotopic (exact) mass is 451 g/mol. The van der Waals surface area contributed by atoms with Crippen LogP contribution in [0.5, 0.6) is 0 Å². The van der Waals surface area contributed by atoms with Gasteiger partial charge in [0.1, 0.15) is 0 Å². The second kappa shape index (κ2) is 7.56. The third-order valence-electron chi connectivity index (χ3n) is 6.01. The lowest BCUT2D eigenvalue weighted by Gasteiger charge is -2.43. The summed E-state index contributed by atoms with van der Waals surface area (Å²) in [6.07, 6.45) is 2.41. The Morgan fingerprint density at radius 3 is 2.55 bits per heavy atom. The molecule has 3 nitrogen and oxygen atoms in total. The van der Waals surface area contributed by atoms with Crippen molar-refractivity contribution in [3.05, 3.63) is 75.4 Å². The molecule has 4 rings (SSSR count). The zero-order chi connectivity index (χ0) is 20.8. The minimum absolute atomic E-state index is 0.0696. The smallest absolute Gasteiger partial charge is 0.232 e. The van der Waals surface area contributed by atoms with E-state index >= 15 is 0 Å². The number of ketones is 1. The number of amides is 1. The topological polar surface area (TPSA) is 37.4 Å². The first-order chi connectivity index (χ1) is 13.8. The largest absolute Gasteiger partial charge is 0.294 e. The van der Waals surface area contributed by atoms with Crippen molar-refractivity contribution >= 4 is 33.3 Å². The molecule has 1 heterocycles. The molecule has 1 amide bonds. The highest BCUT2D eigenvalue weighted by atomic mass is 79.9. The van der Waals surface area contributed by atoms with Gasteiger partial charge in [-0.1, -0.05) is 67.0 Å². The molecule has 0 fully saturated rings. The molecule has 0 spiro atoms. The molecule has 150 valence electrons. The third kappa shape index (κ3) is 3.71. The lowest BCUT2D eigenvalue weighted by atomic mass is 9.69. The van der Waals surface area contributed by atoms with E-state index in [1.807, 2.05) is 47.4 Å². The van der Waals surface area contributed by atoms with Gasteiger partial charge in [-0.3, -0.25) is 14.5 Å². The highest BCUT2D eigenvalue weighted by Gasteiger charge is 2.44. The molecule has 1 unspecified atom stereocenters. The number of carbonyl (C=O) groups is 2. The van der Waals surface area contributed by atoms with Crippen LogP contribution in [-0.4, -0.2) is 11.7 Å². The minimum atomic E-state index is -0.177. The second-order valence-corrected chi connectivity index (χ2v) is 9.74. The van der Waals surface area contributed by atoms with Crippen LogP contribution in [0.4, 0.5) is 5.69 Å². The molecule has 1 aliphatic carbocycles. The van der Waals surface area contributed by atoms with Gasteiger partial charge in [-0.05, 0) is 47.6 Å². The van der Waals surface area contributed by atoms with Crippen molar-refractivity contribution in [2.75, 3.05) is 4.90 Å². The minimum Gasteiger partial charge on any atom is -0.294 e. The van der Waals surface area contributed by atoms with Crippen LogP contribution in [-0.2, 0) is 16.0 Å². The van der Waals surface area contributed by atoms with Crippen molar-refractivity contribution in [3.63, 3.8) is 0 Å². The Labute approximate surface area is 180 Å². The Morgan fingerprint density at radius 2 is 1.83 bits per heavy atom. The van der Waals surface area contributed by atoms with Crippen molar-refractivity contribution in [2.24, 2.45) is 5.41 Å². The van der Waals surface area contributed by atoms with Crippen LogP contribution in [0.3, 0.4) is 0 Å². The molecule has 0 aromatic heterocycles. The number of anilines is 1. The number of halogens is 1. The lowest BCUT2D eigenvalue weighted by molar-refractivity contribution is -0.121. The molecule has 0 saturated carbocycles. The summed E-state index contributed by atoms with van der Waals surface area (Å²) in [6, 6.07) is 16.1. The van der Waals surface area contributed by atoms with Gasteiger partial charge < -0.3 is 0 Å². The summed E-state index contributed by atoms with van der Waals surface area (Å²) in [5, 5.41) is 0. The van der Waals surface area contributed by atoms with E-state index in [1.54, 1.807) is 0 Å². The van der Waals surface area contributed by atoms with E-state index < -0.39 is 0 Å². The van der Waals surface area contributed by atoms with Gasteiger partial charge in [0.25, 0.3) is 0 Å². The quantitative estimate of drug-likeness (QED) is 0.558. The summed E-state index contributed by atoms with van der Waals surface area (Å²) in [5.74, 6) is 0.0662. The Balaban J connectivity index is 1.93. The van der Waals surface area contributed by atoms with E-state index in [9.17, 15) is 9.59 Å². The maximum atomic E-state index is 13.5. The summed E-state index contributed by atoms with van der Waals surface area (Å²) in [4.78, 5) is 28.7. The third-order valence-corrected chi connectivity index (χ3v) is 6.50. The number of benzene rings is 2. The number of nitrogens with zero attached hydrogens (tertiary/aromatic N) is 1. The van der Waals surface area contributed by atoms with Crippen LogP contribution in [0.2, 0.25) is 0 Å². The van der Waals surface area contributed by atoms with Gasteiger partial charge in [0.2, 0.25) is 5.91 Å². The molecule has 2 aliphatic rings. The van der Waals surface area contributed by atoms with E-state index in [1.165, 1.54) is 0 Å². The highest BCUT2D eigenvalue weighted by molar-refractivity contribution is 9.10. The standard InChI is InChI=1S/C25H26BrNO2/c1-4-16-8-5-6-11-20(16)27-21-14-25(2,3)15-22(28)24(21)19(13-23(27)29)17-9-7-10-18(26)12-17/h5-12,19H,4,13-15H2,1-3H3. The first-order valence-corrected chi connectivity index (χ1v) is 11.0. The van der Waals surface area contributed by atoms with Crippen molar-refractivity contribution in [3.8, 4) is 0 Å². The van der Waals surface area contributed by atoms with E-state index in [0.29, 0.717) is 12.8 Å². The number of para-hydroxylation sites is 1. The number of allylic oxidation sites excluding steroid dienone is 2. The number of aryl methyl sites for hydroxylation is 1. The number of carbonyl (C=O) groups excluding carboxylic acids is 2. The Bertz CT molecular complexity index is 1020. The number of hydrogen-bond acceptors (Lipinski definition) is 2. The Hall–Kier alpha value is -2.20. The molecule has 29 heavy (non-hydrogen) atoms. The van der Waals surface area contributed by atoms with Gasteiger partial charge in [0, 0.05) is 34.5 Å². The molecule has 0 saturated heterocycles. The fourth-order valence-electron chi connectivity index (χ4n) is 4.73. The molecule has 2 aromatic rings. The number of Topliss-reactive ketones (excluding diaryl/α,β-unsaturated/α-hetero) is 1. The molecule has 2 aromatic carbocycles. The van der Waals surface area contributed by atoms with E-state index in [4.69, 9.17) is 0 Å². The van der Waals surface area contributed by atoms with Gasteiger partial charge in [-0.2, -0.15) is 0 Å². The van der Waals surface area contributed by atoms with E-state index in [2.05, 4.69) is 42.8 Å². The Morgan fingerprint density at radius 1 is 1.07 bits per heavy atom. The van der Waals surface area contributed by atoms with Gasteiger partial charge in [0.05, 0.1) is 5.69 Å². The Kier molecular flexibility index (Phi) is 5.24. The molecular weight excluding hydrogens is 426 g/mol. The predicted octanol–water partition coefficient (Wildman–Crippen LogP) is 6.18. The fourth-order valence-corrected chi connectivity index (χ4v) is 5.15. The van der Waals surface area contributed by atoms with E-state index in [-0.39, 0.29) is 23.0 Å². The molecule has 0 radical (unpaired) electrons. The molecule has 0 N–H and O–H groups in total. The van der Waals surface area contributed by atoms with Crippen molar-refractivity contribution in [1.29, 1.82) is 0 Å². The molecule has 1 aliphatic heterocycles. The van der Waals surface area contributed by atoms with Gasteiger partial charge in [0.15, 0.2) is 5.78 Å². The normalized spacial score (nSPS) is 21.4. The van der Waals surface area contributed by atoms with Crippen LogP contribution in [0.15, 0.2) is 64.3 Å². The van der Waals surface area contributed by atoms with E-state index in [0.717, 1.165) is 45.4 Å². The zero-order valence-corrected chi connectivity index (χ0v) is 18.8. The summed E-state index contributed by atoms with van der Waals surface area (Å²) in [5.41, 5.74) is 4.64. The molecular formula is C25H26BrNO2. The highest BCUT2D eigenvalue weighted by Crippen LogP contribution is 2.48. The van der Waals surface area contributed by atoms with Crippen LogP contribution < -0.4 is 4.90 Å². The summed E-state index contributed by atoms with van der Waals surface area (Å²) < 4.78 is 0.965. The van der Waals surface area contributed by atoms with Crippen molar-refractivity contribution in [1.82, 2.24) is 0 Å². The molecule has 1 atom stereocenters. The van der Waals surface area contributed by atoms with Crippen LogP contribution >= 0.6 is 15.9 Å².